The monoisotopic (exact) mass is 408 g/mol. The van der Waals surface area contributed by atoms with Crippen LogP contribution in [0.3, 0.4) is 0 Å². The number of rotatable bonds is 5. The summed E-state index contributed by atoms with van der Waals surface area (Å²) in [6.07, 6.45) is 3.58. The van der Waals surface area contributed by atoms with Gasteiger partial charge in [0.25, 0.3) is 0 Å². The molecule has 1 unspecified atom stereocenters. The third kappa shape index (κ3) is 4.35. The molecule has 1 N–H and O–H groups in total. The molecule has 3 rings (SSSR count). The normalized spacial score (nSPS) is 19.4. The lowest BCUT2D eigenvalue weighted by Gasteiger charge is -2.32. The lowest BCUT2D eigenvalue weighted by molar-refractivity contribution is -0.136. The average Bonchev–Trinajstić information content (AvgIpc) is 3.46. The number of carbonyl (C=O) groups is 2. The van der Waals surface area contributed by atoms with Crippen LogP contribution in [0.25, 0.3) is 0 Å². The number of halogens is 1. The van der Waals surface area contributed by atoms with Crippen molar-refractivity contribution in [3.8, 4) is 5.75 Å². The molecule has 2 fully saturated rings. The van der Waals surface area contributed by atoms with Gasteiger partial charge in [0.15, 0.2) is 0 Å². The van der Waals surface area contributed by atoms with E-state index in [1.807, 2.05) is 30.0 Å². The van der Waals surface area contributed by atoms with Gasteiger partial charge in [-0.3, -0.25) is 9.59 Å². The Balaban J connectivity index is 1.52. The van der Waals surface area contributed by atoms with Gasteiger partial charge in [-0.25, -0.2) is 0 Å². The van der Waals surface area contributed by atoms with Crippen LogP contribution in [-0.2, 0) is 9.59 Å². The molecule has 0 spiro atoms. The molecule has 1 heterocycles. The Bertz CT molecular complexity index is 652. The van der Waals surface area contributed by atoms with Crippen molar-refractivity contribution in [1.29, 1.82) is 0 Å². The van der Waals surface area contributed by atoms with E-state index in [-0.39, 0.29) is 29.7 Å². The Labute approximate surface area is 157 Å². The van der Waals surface area contributed by atoms with Crippen LogP contribution in [-0.4, -0.2) is 36.9 Å². The fraction of sp³-hybridized carbons (Fsp3) is 0.579. The van der Waals surface area contributed by atoms with Gasteiger partial charge < -0.3 is 15.0 Å². The third-order valence-electron chi connectivity index (χ3n) is 5.14. The quantitative estimate of drug-likeness (QED) is 0.812. The Kier molecular flexibility index (Phi) is 5.67. The SMILES string of the molecule is COc1ccc(C(C)NC(=O)C2CCN(C(=O)C3CC3)CC2)cc1Br. The van der Waals surface area contributed by atoms with Crippen LogP contribution in [0, 0.1) is 11.8 Å². The number of nitrogens with zero attached hydrogens (tertiary/aromatic N) is 1. The second-order valence-electron chi connectivity index (χ2n) is 7.00. The average molecular weight is 409 g/mol. The molecule has 25 heavy (non-hydrogen) atoms. The molecule has 1 aromatic carbocycles. The van der Waals surface area contributed by atoms with E-state index in [4.69, 9.17) is 4.74 Å². The van der Waals surface area contributed by atoms with Gasteiger partial charge in [-0.15, -0.1) is 0 Å². The fourth-order valence-electron chi connectivity index (χ4n) is 3.32. The van der Waals surface area contributed by atoms with Crippen LogP contribution in [0.2, 0.25) is 0 Å². The van der Waals surface area contributed by atoms with Crippen LogP contribution in [0.1, 0.15) is 44.2 Å². The number of likely N-dealkylation sites (tertiary alicyclic amines) is 1. The van der Waals surface area contributed by atoms with Crippen LogP contribution in [0.5, 0.6) is 5.75 Å². The molecule has 1 aliphatic heterocycles. The summed E-state index contributed by atoms with van der Waals surface area (Å²) >= 11 is 3.48. The van der Waals surface area contributed by atoms with Gasteiger partial charge in [0.1, 0.15) is 5.75 Å². The summed E-state index contributed by atoms with van der Waals surface area (Å²) in [5.41, 5.74) is 1.03. The highest BCUT2D eigenvalue weighted by molar-refractivity contribution is 9.10. The van der Waals surface area contributed by atoms with E-state index in [0.29, 0.717) is 13.1 Å². The molecule has 1 saturated carbocycles. The number of nitrogens with one attached hydrogen (secondary N) is 1. The summed E-state index contributed by atoms with van der Waals surface area (Å²) in [4.78, 5) is 26.6. The number of methoxy groups -OCH3 is 1. The third-order valence-corrected chi connectivity index (χ3v) is 5.76. The molecule has 0 bridgehead atoms. The number of piperidine rings is 1. The number of hydrogen-bond acceptors (Lipinski definition) is 3. The Morgan fingerprint density at radius 2 is 1.88 bits per heavy atom. The molecular formula is C19H25BrN2O3. The van der Waals surface area contributed by atoms with Crippen LogP contribution < -0.4 is 10.1 Å². The maximum atomic E-state index is 12.6. The molecule has 1 aromatic rings. The highest BCUT2D eigenvalue weighted by Crippen LogP contribution is 2.33. The van der Waals surface area contributed by atoms with Gasteiger partial charge in [-0.1, -0.05) is 6.07 Å². The second kappa shape index (κ2) is 7.77. The maximum Gasteiger partial charge on any atom is 0.225 e. The predicted octanol–water partition coefficient (Wildman–Crippen LogP) is 3.28. The molecule has 6 heteroatoms. The van der Waals surface area contributed by atoms with Crippen LogP contribution in [0.15, 0.2) is 22.7 Å². The number of benzene rings is 1. The van der Waals surface area contributed by atoms with Crippen molar-refractivity contribution in [2.24, 2.45) is 11.8 Å². The van der Waals surface area contributed by atoms with E-state index in [2.05, 4.69) is 21.2 Å². The molecule has 1 aliphatic carbocycles. The first-order chi connectivity index (χ1) is 12.0. The zero-order chi connectivity index (χ0) is 18.0. The number of hydrogen-bond donors (Lipinski definition) is 1. The Hall–Kier alpha value is -1.56. The smallest absolute Gasteiger partial charge is 0.225 e. The van der Waals surface area contributed by atoms with E-state index < -0.39 is 0 Å². The van der Waals surface area contributed by atoms with Crippen molar-refractivity contribution in [1.82, 2.24) is 10.2 Å². The largest absolute Gasteiger partial charge is 0.496 e. The van der Waals surface area contributed by atoms with E-state index in [1.165, 1.54) is 0 Å². The van der Waals surface area contributed by atoms with Crippen molar-refractivity contribution in [2.45, 2.75) is 38.6 Å². The zero-order valence-electron chi connectivity index (χ0n) is 14.8. The van der Waals surface area contributed by atoms with E-state index in [9.17, 15) is 9.59 Å². The first-order valence-corrected chi connectivity index (χ1v) is 9.71. The topological polar surface area (TPSA) is 58.6 Å². The minimum absolute atomic E-state index is 0.00704. The lowest BCUT2D eigenvalue weighted by atomic mass is 9.95. The maximum absolute atomic E-state index is 12.6. The zero-order valence-corrected chi connectivity index (χ0v) is 16.3. The van der Waals surface area contributed by atoms with E-state index >= 15 is 0 Å². The second-order valence-corrected chi connectivity index (χ2v) is 7.85. The minimum Gasteiger partial charge on any atom is -0.496 e. The summed E-state index contributed by atoms with van der Waals surface area (Å²) in [6, 6.07) is 5.76. The van der Waals surface area contributed by atoms with Gasteiger partial charge in [-0.05, 0) is 66.2 Å². The molecular weight excluding hydrogens is 384 g/mol. The van der Waals surface area contributed by atoms with E-state index in [1.54, 1.807) is 7.11 Å². The number of carbonyl (C=O) groups excluding carboxylic acids is 2. The number of ether oxygens (including phenoxy) is 1. The minimum atomic E-state index is -0.0687. The first-order valence-electron chi connectivity index (χ1n) is 8.92. The van der Waals surface area contributed by atoms with Crippen molar-refractivity contribution in [3.63, 3.8) is 0 Å². The Morgan fingerprint density at radius 1 is 1.20 bits per heavy atom. The standard InChI is InChI=1S/C19H25BrN2O3/c1-12(15-5-6-17(25-2)16(20)11-15)21-18(23)13-7-9-22(10-8-13)19(24)14-3-4-14/h5-6,11-14H,3-4,7-10H2,1-2H3,(H,21,23). The Morgan fingerprint density at radius 3 is 2.44 bits per heavy atom. The van der Waals surface area contributed by atoms with Crippen molar-refractivity contribution >= 4 is 27.7 Å². The summed E-state index contributed by atoms with van der Waals surface area (Å²) in [5.74, 6) is 1.40. The summed E-state index contributed by atoms with van der Waals surface area (Å²) < 4.78 is 6.12. The molecule has 5 nitrogen and oxygen atoms in total. The molecule has 0 aromatic heterocycles. The predicted molar refractivity (Wildman–Crippen MR) is 99.3 cm³/mol. The van der Waals surface area contributed by atoms with Crippen LogP contribution in [0.4, 0.5) is 0 Å². The number of amides is 2. The van der Waals surface area contributed by atoms with Gasteiger partial charge in [0.2, 0.25) is 11.8 Å². The highest BCUT2D eigenvalue weighted by atomic mass is 79.9. The van der Waals surface area contributed by atoms with Crippen molar-refractivity contribution in [2.75, 3.05) is 20.2 Å². The summed E-state index contributed by atoms with van der Waals surface area (Å²) in [7, 11) is 1.63. The van der Waals surface area contributed by atoms with Gasteiger partial charge in [-0.2, -0.15) is 0 Å². The molecule has 2 amide bonds. The molecule has 1 saturated heterocycles. The first kappa shape index (κ1) is 18.2. The van der Waals surface area contributed by atoms with Crippen molar-refractivity contribution < 1.29 is 14.3 Å². The van der Waals surface area contributed by atoms with Gasteiger partial charge in [0, 0.05) is 24.9 Å². The molecule has 0 radical (unpaired) electrons. The summed E-state index contributed by atoms with van der Waals surface area (Å²) in [6.45, 7) is 3.39. The van der Waals surface area contributed by atoms with Crippen molar-refractivity contribution in [3.05, 3.63) is 28.2 Å². The fourth-order valence-corrected chi connectivity index (χ4v) is 3.88. The molecule has 136 valence electrons. The van der Waals surface area contributed by atoms with Gasteiger partial charge >= 0.3 is 0 Å². The van der Waals surface area contributed by atoms with Crippen LogP contribution >= 0.6 is 15.9 Å². The summed E-state index contributed by atoms with van der Waals surface area (Å²) in [5, 5.41) is 3.11. The lowest BCUT2D eigenvalue weighted by Crippen LogP contribution is -2.44. The molecule has 1 atom stereocenters. The highest BCUT2D eigenvalue weighted by Gasteiger charge is 2.36. The molecule has 2 aliphatic rings. The van der Waals surface area contributed by atoms with Gasteiger partial charge in [0.05, 0.1) is 17.6 Å². The van der Waals surface area contributed by atoms with E-state index in [0.717, 1.165) is 41.5 Å².